The summed E-state index contributed by atoms with van der Waals surface area (Å²) in [5.74, 6) is 0.692. The Morgan fingerprint density at radius 1 is 0.917 bits per heavy atom. The number of carbonyl (C=O) groups is 2. The van der Waals surface area contributed by atoms with Crippen LogP contribution in [0.4, 0.5) is 0 Å². The SMILES string of the molecule is COC(=O)c1ccc(CNC(=O)COc2ccc(OC)cc2)cc1. The fraction of sp³-hybridized carbons (Fsp3) is 0.222. The maximum absolute atomic E-state index is 11.8. The maximum Gasteiger partial charge on any atom is 0.337 e. The molecule has 2 aromatic carbocycles. The van der Waals surface area contributed by atoms with Gasteiger partial charge in [-0.3, -0.25) is 4.79 Å². The Morgan fingerprint density at radius 3 is 2.12 bits per heavy atom. The highest BCUT2D eigenvalue weighted by atomic mass is 16.5. The Morgan fingerprint density at radius 2 is 1.54 bits per heavy atom. The lowest BCUT2D eigenvalue weighted by atomic mass is 10.1. The third-order valence-electron chi connectivity index (χ3n) is 3.29. The lowest BCUT2D eigenvalue weighted by Crippen LogP contribution is -2.28. The van der Waals surface area contributed by atoms with Crippen LogP contribution in [0, 0.1) is 0 Å². The van der Waals surface area contributed by atoms with Crippen molar-refractivity contribution in [3.63, 3.8) is 0 Å². The van der Waals surface area contributed by atoms with Crippen LogP contribution in [0.25, 0.3) is 0 Å². The van der Waals surface area contributed by atoms with Gasteiger partial charge < -0.3 is 19.5 Å². The van der Waals surface area contributed by atoms with Gasteiger partial charge >= 0.3 is 5.97 Å². The Bertz CT molecular complexity index is 680. The number of hydrogen-bond donors (Lipinski definition) is 1. The van der Waals surface area contributed by atoms with Crippen LogP contribution < -0.4 is 14.8 Å². The van der Waals surface area contributed by atoms with Gasteiger partial charge in [-0.15, -0.1) is 0 Å². The molecule has 0 aliphatic heterocycles. The summed E-state index contributed by atoms with van der Waals surface area (Å²) >= 11 is 0. The van der Waals surface area contributed by atoms with E-state index in [1.165, 1.54) is 7.11 Å². The average Bonchev–Trinajstić information content (AvgIpc) is 2.64. The molecule has 0 radical (unpaired) electrons. The summed E-state index contributed by atoms with van der Waals surface area (Å²) in [6.07, 6.45) is 0. The smallest absolute Gasteiger partial charge is 0.337 e. The predicted octanol–water partition coefficient (Wildman–Crippen LogP) is 2.18. The van der Waals surface area contributed by atoms with Gasteiger partial charge in [0.1, 0.15) is 11.5 Å². The van der Waals surface area contributed by atoms with Crippen molar-refractivity contribution < 1.29 is 23.8 Å². The quantitative estimate of drug-likeness (QED) is 0.788. The van der Waals surface area contributed by atoms with Crippen molar-refractivity contribution in [2.45, 2.75) is 6.54 Å². The van der Waals surface area contributed by atoms with Crippen LogP contribution in [0.1, 0.15) is 15.9 Å². The second kappa shape index (κ2) is 8.57. The number of ether oxygens (including phenoxy) is 3. The van der Waals surface area contributed by atoms with Gasteiger partial charge in [-0.05, 0) is 42.0 Å². The van der Waals surface area contributed by atoms with Gasteiger partial charge in [-0.25, -0.2) is 4.79 Å². The molecule has 1 N–H and O–H groups in total. The second-order valence-corrected chi connectivity index (χ2v) is 4.93. The minimum Gasteiger partial charge on any atom is -0.497 e. The van der Waals surface area contributed by atoms with Gasteiger partial charge in [-0.2, -0.15) is 0 Å². The van der Waals surface area contributed by atoms with Gasteiger partial charge in [0.25, 0.3) is 5.91 Å². The molecule has 0 aliphatic carbocycles. The van der Waals surface area contributed by atoms with Crippen LogP contribution in [-0.2, 0) is 16.1 Å². The molecule has 0 bridgehead atoms. The fourth-order valence-corrected chi connectivity index (χ4v) is 1.95. The Hall–Kier alpha value is -3.02. The summed E-state index contributed by atoms with van der Waals surface area (Å²) < 4.78 is 15.1. The molecule has 0 spiro atoms. The van der Waals surface area contributed by atoms with Crippen molar-refractivity contribution in [3.8, 4) is 11.5 Å². The molecule has 0 unspecified atom stereocenters. The number of esters is 1. The number of carbonyl (C=O) groups excluding carboxylic acids is 2. The first-order chi connectivity index (χ1) is 11.6. The van der Waals surface area contributed by atoms with Crippen molar-refractivity contribution in [3.05, 3.63) is 59.7 Å². The van der Waals surface area contributed by atoms with Crippen LogP contribution in [-0.4, -0.2) is 32.7 Å². The van der Waals surface area contributed by atoms with Crippen molar-refractivity contribution in [2.24, 2.45) is 0 Å². The van der Waals surface area contributed by atoms with E-state index in [0.29, 0.717) is 17.9 Å². The van der Waals surface area contributed by atoms with E-state index in [9.17, 15) is 9.59 Å². The van der Waals surface area contributed by atoms with Crippen LogP contribution in [0.3, 0.4) is 0 Å². The lowest BCUT2D eigenvalue weighted by molar-refractivity contribution is -0.123. The van der Waals surface area contributed by atoms with E-state index < -0.39 is 5.97 Å². The molecule has 2 aromatic rings. The molecule has 0 saturated heterocycles. The molecule has 2 rings (SSSR count). The largest absolute Gasteiger partial charge is 0.497 e. The third kappa shape index (κ3) is 5.01. The molecule has 0 aromatic heterocycles. The normalized spacial score (nSPS) is 9.92. The summed E-state index contributed by atoms with van der Waals surface area (Å²) in [4.78, 5) is 23.1. The number of hydrogen-bond acceptors (Lipinski definition) is 5. The third-order valence-corrected chi connectivity index (χ3v) is 3.29. The standard InChI is InChI=1S/C18H19NO5/c1-22-15-7-9-16(10-8-15)24-12-17(20)19-11-13-3-5-14(6-4-13)18(21)23-2/h3-10H,11-12H2,1-2H3,(H,19,20). The van der Waals surface area contributed by atoms with E-state index >= 15 is 0 Å². The van der Waals surface area contributed by atoms with Crippen molar-refractivity contribution >= 4 is 11.9 Å². The molecule has 6 nitrogen and oxygen atoms in total. The summed E-state index contributed by atoms with van der Waals surface area (Å²) in [5.41, 5.74) is 1.34. The first-order valence-electron chi connectivity index (χ1n) is 7.33. The molecule has 126 valence electrons. The van der Waals surface area contributed by atoms with Gasteiger partial charge in [0.15, 0.2) is 6.61 Å². The van der Waals surface area contributed by atoms with E-state index in [2.05, 4.69) is 10.1 Å². The minimum absolute atomic E-state index is 0.0768. The lowest BCUT2D eigenvalue weighted by Gasteiger charge is -2.08. The molecule has 1 amide bonds. The Kier molecular flexibility index (Phi) is 6.19. The monoisotopic (exact) mass is 329 g/mol. The van der Waals surface area contributed by atoms with Crippen LogP contribution >= 0.6 is 0 Å². The van der Waals surface area contributed by atoms with E-state index in [1.54, 1.807) is 55.6 Å². The number of nitrogens with one attached hydrogen (secondary N) is 1. The maximum atomic E-state index is 11.8. The zero-order valence-corrected chi connectivity index (χ0v) is 13.6. The molecule has 24 heavy (non-hydrogen) atoms. The number of methoxy groups -OCH3 is 2. The van der Waals surface area contributed by atoms with Crippen molar-refractivity contribution in [2.75, 3.05) is 20.8 Å². The zero-order valence-electron chi connectivity index (χ0n) is 13.6. The van der Waals surface area contributed by atoms with Crippen LogP contribution in [0.15, 0.2) is 48.5 Å². The van der Waals surface area contributed by atoms with Gasteiger partial charge in [0.2, 0.25) is 0 Å². The first kappa shape index (κ1) is 17.3. The highest BCUT2D eigenvalue weighted by Gasteiger charge is 2.06. The van der Waals surface area contributed by atoms with Crippen LogP contribution in [0.5, 0.6) is 11.5 Å². The highest BCUT2D eigenvalue weighted by molar-refractivity contribution is 5.89. The molecule has 0 atom stereocenters. The zero-order chi connectivity index (χ0) is 17.4. The first-order valence-corrected chi connectivity index (χ1v) is 7.33. The van der Waals surface area contributed by atoms with Crippen molar-refractivity contribution in [1.29, 1.82) is 0 Å². The van der Waals surface area contributed by atoms with Gasteiger partial charge in [0.05, 0.1) is 19.8 Å². The molecule has 0 aliphatic rings. The Balaban J connectivity index is 1.77. The second-order valence-electron chi connectivity index (χ2n) is 4.93. The summed E-state index contributed by atoms with van der Waals surface area (Å²) in [5, 5.41) is 2.75. The topological polar surface area (TPSA) is 73.9 Å². The van der Waals surface area contributed by atoms with E-state index in [0.717, 1.165) is 11.3 Å². The number of benzene rings is 2. The van der Waals surface area contributed by atoms with E-state index in [-0.39, 0.29) is 12.5 Å². The molecule has 0 heterocycles. The summed E-state index contributed by atoms with van der Waals surface area (Å²) in [6, 6.07) is 13.8. The van der Waals surface area contributed by atoms with E-state index in [1.807, 2.05) is 0 Å². The molecular weight excluding hydrogens is 310 g/mol. The Labute approximate surface area is 140 Å². The van der Waals surface area contributed by atoms with Gasteiger partial charge in [-0.1, -0.05) is 12.1 Å². The molecular formula is C18H19NO5. The van der Waals surface area contributed by atoms with Crippen molar-refractivity contribution in [1.82, 2.24) is 5.32 Å². The highest BCUT2D eigenvalue weighted by Crippen LogP contribution is 2.16. The predicted molar refractivity (Wildman–Crippen MR) is 88.1 cm³/mol. The van der Waals surface area contributed by atoms with Gasteiger partial charge in [0, 0.05) is 6.54 Å². The average molecular weight is 329 g/mol. The number of rotatable bonds is 7. The van der Waals surface area contributed by atoms with E-state index in [4.69, 9.17) is 9.47 Å². The van der Waals surface area contributed by atoms with Crippen LogP contribution in [0.2, 0.25) is 0 Å². The number of amides is 1. The molecule has 0 fully saturated rings. The minimum atomic E-state index is -0.390. The fourth-order valence-electron chi connectivity index (χ4n) is 1.95. The molecule has 0 saturated carbocycles. The summed E-state index contributed by atoms with van der Waals surface area (Å²) in [7, 11) is 2.92. The summed E-state index contributed by atoms with van der Waals surface area (Å²) in [6.45, 7) is 0.277. The molecule has 6 heteroatoms.